The molecule has 78 valence electrons. The number of aliphatic hydroxyl groups is 1. The van der Waals surface area contributed by atoms with Crippen molar-refractivity contribution in [3.05, 3.63) is 17.5 Å². The molecule has 0 aromatic carbocycles. The van der Waals surface area contributed by atoms with E-state index < -0.39 is 15.9 Å². The van der Waals surface area contributed by atoms with Gasteiger partial charge in [0, 0.05) is 0 Å². The summed E-state index contributed by atoms with van der Waals surface area (Å²) in [6, 6.07) is 3.86. The van der Waals surface area contributed by atoms with Crippen molar-refractivity contribution in [3.8, 4) is 0 Å². The summed E-state index contributed by atoms with van der Waals surface area (Å²) in [7, 11) is -3.01. The van der Waals surface area contributed by atoms with E-state index in [1.165, 1.54) is 11.8 Å². The van der Waals surface area contributed by atoms with Crippen molar-refractivity contribution in [2.45, 2.75) is 15.6 Å². The lowest BCUT2D eigenvalue weighted by atomic mass is 10.3. The van der Waals surface area contributed by atoms with E-state index in [1.54, 1.807) is 11.3 Å². The van der Waals surface area contributed by atoms with Gasteiger partial charge in [0.05, 0.1) is 27.1 Å². The van der Waals surface area contributed by atoms with Gasteiger partial charge in [0.2, 0.25) is 0 Å². The number of thiophene rings is 1. The second kappa shape index (κ2) is 3.84. The molecule has 1 aliphatic heterocycles. The molecule has 0 radical (unpaired) electrons. The minimum atomic E-state index is -3.01. The summed E-state index contributed by atoms with van der Waals surface area (Å²) < 4.78 is 23.5. The normalized spacial score (nSPS) is 30.6. The van der Waals surface area contributed by atoms with E-state index in [4.69, 9.17) is 0 Å². The van der Waals surface area contributed by atoms with Gasteiger partial charge in [-0.15, -0.1) is 23.1 Å². The number of rotatable bonds is 2. The molecular weight excluding hydrogens is 240 g/mol. The number of aliphatic hydroxyl groups excluding tert-OH is 1. The van der Waals surface area contributed by atoms with Crippen molar-refractivity contribution in [1.29, 1.82) is 0 Å². The van der Waals surface area contributed by atoms with E-state index in [-0.39, 0.29) is 16.8 Å². The van der Waals surface area contributed by atoms with Crippen LogP contribution in [0.4, 0.5) is 0 Å². The smallest absolute Gasteiger partial charge is 0.154 e. The third-order valence-corrected chi connectivity index (χ3v) is 6.35. The van der Waals surface area contributed by atoms with Crippen LogP contribution in [-0.2, 0) is 9.84 Å². The predicted octanol–water partition coefficient (Wildman–Crippen LogP) is 0.998. The first kappa shape index (κ1) is 10.5. The average molecular weight is 250 g/mol. The number of sulfone groups is 1. The van der Waals surface area contributed by atoms with Gasteiger partial charge < -0.3 is 5.11 Å². The molecule has 0 aliphatic carbocycles. The van der Waals surface area contributed by atoms with Gasteiger partial charge in [0.25, 0.3) is 0 Å². The predicted molar refractivity (Wildman–Crippen MR) is 58.6 cm³/mol. The lowest BCUT2D eigenvalue weighted by Gasteiger charge is -2.09. The molecule has 0 spiro atoms. The maximum atomic E-state index is 11.2. The summed E-state index contributed by atoms with van der Waals surface area (Å²) in [6.07, 6.45) is -0.716. The van der Waals surface area contributed by atoms with Crippen molar-refractivity contribution >= 4 is 32.9 Å². The first-order valence-corrected chi connectivity index (χ1v) is 7.73. The highest BCUT2D eigenvalue weighted by Gasteiger charge is 2.37. The van der Waals surface area contributed by atoms with Gasteiger partial charge in [-0.2, -0.15) is 0 Å². The van der Waals surface area contributed by atoms with Crippen molar-refractivity contribution in [2.24, 2.45) is 0 Å². The van der Waals surface area contributed by atoms with Gasteiger partial charge in [-0.3, -0.25) is 0 Å². The number of hydrogen-bond acceptors (Lipinski definition) is 5. The molecule has 1 aromatic heterocycles. The molecule has 1 N–H and O–H groups in total. The molecule has 2 unspecified atom stereocenters. The van der Waals surface area contributed by atoms with Crippen LogP contribution in [0.1, 0.15) is 0 Å². The second-order valence-corrected chi connectivity index (χ2v) is 7.87. The third kappa shape index (κ3) is 2.31. The Hall–Kier alpha value is -0.0400. The summed E-state index contributed by atoms with van der Waals surface area (Å²) in [5, 5.41) is 11.3. The molecule has 2 atom stereocenters. The van der Waals surface area contributed by atoms with Crippen molar-refractivity contribution in [1.82, 2.24) is 0 Å². The Bertz CT molecular complexity index is 395. The highest BCUT2D eigenvalue weighted by Crippen LogP contribution is 2.33. The lowest BCUT2D eigenvalue weighted by molar-refractivity contribution is 0.207. The van der Waals surface area contributed by atoms with Crippen molar-refractivity contribution in [2.75, 3.05) is 11.5 Å². The quantitative estimate of drug-likeness (QED) is 0.851. The van der Waals surface area contributed by atoms with E-state index in [9.17, 15) is 13.5 Å². The van der Waals surface area contributed by atoms with Crippen LogP contribution in [0.5, 0.6) is 0 Å². The summed E-state index contributed by atoms with van der Waals surface area (Å²) in [4.78, 5) is 0. The van der Waals surface area contributed by atoms with Crippen LogP contribution in [0.25, 0.3) is 0 Å². The Balaban J connectivity index is 2.07. The van der Waals surface area contributed by atoms with Crippen molar-refractivity contribution < 1.29 is 13.5 Å². The first-order chi connectivity index (χ1) is 6.57. The summed E-state index contributed by atoms with van der Waals surface area (Å²) in [5.74, 6) is 0.00672. The molecule has 0 amide bonds. The minimum Gasteiger partial charge on any atom is -0.391 e. The van der Waals surface area contributed by atoms with Crippen LogP contribution in [0.15, 0.2) is 21.7 Å². The number of thioether (sulfide) groups is 1. The fourth-order valence-corrected chi connectivity index (χ4v) is 5.93. The molecule has 0 saturated carbocycles. The zero-order chi connectivity index (χ0) is 10.2. The molecule has 1 aromatic rings. The average Bonchev–Trinajstić information content (AvgIpc) is 2.61. The van der Waals surface area contributed by atoms with Crippen molar-refractivity contribution in [3.63, 3.8) is 0 Å². The van der Waals surface area contributed by atoms with Gasteiger partial charge in [-0.1, -0.05) is 6.07 Å². The third-order valence-electron chi connectivity index (χ3n) is 2.03. The molecule has 2 rings (SSSR count). The molecule has 3 nitrogen and oxygen atoms in total. The number of hydrogen-bond donors (Lipinski definition) is 1. The van der Waals surface area contributed by atoms with Crippen LogP contribution in [0.3, 0.4) is 0 Å². The first-order valence-electron chi connectivity index (χ1n) is 4.15. The molecule has 0 bridgehead atoms. The Morgan fingerprint density at radius 3 is 2.79 bits per heavy atom. The largest absolute Gasteiger partial charge is 0.391 e. The van der Waals surface area contributed by atoms with E-state index in [1.807, 2.05) is 17.5 Å². The molecule has 1 saturated heterocycles. The van der Waals surface area contributed by atoms with Gasteiger partial charge in [0.1, 0.15) is 0 Å². The van der Waals surface area contributed by atoms with E-state index in [0.29, 0.717) is 0 Å². The van der Waals surface area contributed by atoms with Crippen LogP contribution < -0.4 is 0 Å². The van der Waals surface area contributed by atoms with E-state index in [0.717, 1.165) is 4.21 Å². The fourth-order valence-electron chi connectivity index (χ4n) is 1.39. The molecule has 6 heteroatoms. The Kier molecular flexibility index (Phi) is 2.88. The maximum absolute atomic E-state index is 11.2. The molecule has 2 heterocycles. The highest BCUT2D eigenvalue weighted by atomic mass is 32.2. The summed E-state index contributed by atoms with van der Waals surface area (Å²) in [6.45, 7) is 0. The second-order valence-electron chi connectivity index (χ2n) is 3.23. The van der Waals surface area contributed by atoms with Gasteiger partial charge in [-0.05, 0) is 11.4 Å². The zero-order valence-electron chi connectivity index (χ0n) is 7.29. The summed E-state index contributed by atoms with van der Waals surface area (Å²) >= 11 is 3.03. The monoisotopic (exact) mass is 250 g/mol. The zero-order valence-corrected chi connectivity index (χ0v) is 9.74. The molecular formula is C8H10O3S3. The standard InChI is InChI=1S/C8H10O3S3/c9-6-4-14(10,11)5-7(6)13-8-2-1-3-12-8/h1-3,6-7,9H,4-5H2. The molecule has 14 heavy (non-hydrogen) atoms. The van der Waals surface area contributed by atoms with Gasteiger partial charge in [-0.25, -0.2) is 8.42 Å². The van der Waals surface area contributed by atoms with E-state index in [2.05, 4.69) is 0 Å². The van der Waals surface area contributed by atoms with Gasteiger partial charge in [0.15, 0.2) is 9.84 Å². The maximum Gasteiger partial charge on any atom is 0.154 e. The topological polar surface area (TPSA) is 54.4 Å². The molecule has 1 aliphatic rings. The molecule has 1 fully saturated rings. The minimum absolute atomic E-state index is 0.0873. The Morgan fingerprint density at radius 1 is 1.50 bits per heavy atom. The highest BCUT2D eigenvalue weighted by molar-refractivity contribution is 8.03. The SMILES string of the molecule is O=S1(=O)CC(O)C(Sc2cccs2)C1. The van der Waals surface area contributed by atoms with Crippen LogP contribution in [0.2, 0.25) is 0 Å². The fraction of sp³-hybridized carbons (Fsp3) is 0.500. The van der Waals surface area contributed by atoms with E-state index >= 15 is 0 Å². The summed E-state index contributed by atoms with van der Waals surface area (Å²) in [5.41, 5.74) is 0. The Morgan fingerprint density at radius 2 is 2.29 bits per heavy atom. The van der Waals surface area contributed by atoms with Gasteiger partial charge >= 0.3 is 0 Å². The van der Waals surface area contributed by atoms with Crippen LogP contribution in [0, 0.1) is 0 Å². The van der Waals surface area contributed by atoms with Crippen LogP contribution in [-0.4, -0.2) is 36.4 Å². The van der Waals surface area contributed by atoms with Crippen LogP contribution >= 0.6 is 23.1 Å². The Labute approximate surface area is 91.1 Å². The lowest BCUT2D eigenvalue weighted by Crippen LogP contribution is -2.19.